The van der Waals surface area contributed by atoms with Crippen molar-refractivity contribution in [1.29, 1.82) is 0 Å². The van der Waals surface area contributed by atoms with Gasteiger partial charge in [-0.2, -0.15) is 0 Å². The average molecular weight is 590 g/mol. The lowest BCUT2D eigenvalue weighted by molar-refractivity contribution is -0.138. The van der Waals surface area contributed by atoms with Crippen LogP contribution in [0.4, 0.5) is 0 Å². The number of aliphatic hydroxyl groups excluding tert-OH is 1. The van der Waals surface area contributed by atoms with E-state index in [9.17, 15) is 29.1 Å². The van der Waals surface area contributed by atoms with Gasteiger partial charge in [0.1, 0.15) is 23.2 Å². The molecule has 236 valence electrons. The van der Waals surface area contributed by atoms with Crippen LogP contribution in [-0.2, 0) is 30.4 Å². The van der Waals surface area contributed by atoms with E-state index < -0.39 is 52.8 Å². The van der Waals surface area contributed by atoms with Crippen molar-refractivity contribution in [3.05, 3.63) is 35.9 Å². The fourth-order valence-electron chi connectivity index (χ4n) is 4.32. The quantitative estimate of drug-likeness (QED) is 0.171. The Labute approximate surface area is 250 Å². The zero-order valence-electron chi connectivity index (χ0n) is 26.6. The molecule has 0 spiro atoms. The fourth-order valence-corrected chi connectivity index (χ4v) is 4.32. The third-order valence-corrected chi connectivity index (χ3v) is 6.62. The topological polar surface area (TPSA) is 166 Å². The van der Waals surface area contributed by atoms with Gasteiger partial charge < -0.3 is 31.7 Å². The molecule has 1 aromatic carbocycles. The molecular weight excluding hydrogens is 538 g/mol. The molecule has 0 bridgehead atoms. The molecule has 0 aliphatic rings. The van der Waals surface area contributed by atoms with Crippen LogP contribution < -0.4 is 26.6 Å². The second kappa shape index (κ2) is 16.2. The van der Waals surface area contributed by atoms with E-state index in [0.29, 0.717) is 12.8 Å². The molecular formula is C31H51N5O6. The maximum absolute atomic E-state index is 13.4. The molecule has 0 fully saturated rings. The number of nitrogens with one attached hydrogen (secondary N) is 5. The van der Waals surface area contributed by atoms with Crippen molar-refractivity contribution in [1.82, 2.24) is 26.6 Å². The van der Waals surface area contributed by atoms with Crippen molar-refractivity contribution in [2.45, 2.75) is 111 Å². The number of carbonyl (C=O) groups excluding carboxylic acids is 5. The van der Waals surface area contributed by atoms with Crippen LogP contribution in [0.5, 0.6) is 0 Å². The van der Waals surface area contributed by atoms with Crippen LogP contribution in [0.25, 0.3) is 0 Å². The van der Waals surface area contributed by atoms with Crippen molar-refractivity contribution in [3.8, 4) is 0 Å². The van der Waals surface area contributed by atoms with Gasteiger partial charge >= 0.3 is 0 Å². The summed E-state index contributed by atoms with van der Waals surface area (Å²) in [4.78, 5) is 64.4. The van der Waals surface area contributed by atoms with Gasteiger partial charge in [0.2, 0.25) is 29.5 Å². The number of amides is 5. The van der Waals surface area contributed by atoms with Gasteiger partial charge in [0, 0.05) is 6.92 Å². The molecule has 11 heteroatoms. The maximum atomic E-state index is 13.4. The molecule has 3 unspecified atom stereocenters. The smallest absolute Gasteiger partial charge is 0.245 e. The van der Waals surface area contributed by atoms with Gasteiger partial charge in [-0.3, -0.25) is 24.0 Å². The summed E-state index contributed by atoms with van der Waals surface area (Å²) >= 11 is 0. The van der Waals surface area contributed by atoms with E-state index in [1.165, 1.54) is 20.8 Å². The van der Waals surface area contributed by atoms with Crippen molar-refractivity contribution in [3.63, 3.8) is 0 Å². The third kappa shape index (κ3) is 12.6. The molecule has 11 nitrogen and oxygen atoms in total. The Bertz CT molecular complexity index is 1070. The molecule has 0 aliphatic heterocycles. The summed E-state index contributed by atoms with van der Waals surface area (Å²) in [6, 6.07) is 7.07. The standard InChI is InChI=1S/C31H51N5O6/c1-19(2)15-24(32-21(5)38)26(39)35-31(8,9)29(42)34-25(16-20(3)4)27(40)36-30(6,7)28(41)33-23(18-37)17-22-13-11-10-12-14-22/h10-14,19-20,23-25,37H,15-18H2,1-9H3,(H,32,38)(H,33,41)(H,34,42)(H,35,39)(H,36,40). The molecule has 0 aliphatic carbocycles. The second-order valence-corrected chi connectivity index (χ2v) is 12.8. The summed E-state index contributed by atoms with van der Waals surface area (Å²) in [6.07, 6.45) is 1.09. The van der Waals surface area contributed by atoms with Crippen LogP contribution in [0, 0.1) is 11.8 Å². The minimum atomic E-state index is -1.40. The number of aliphatic hydroxyl groups is 1. The lowest BCUT2D eigenvalue weighted by Gasteiger charge is -2.33. The van der Waals surface area contributed by atoms with Crippen molar-refractivity contribution < 1.29 is 29.1 Å². The molecule has 0 saturated carbocycles. The van der Waals surface area contributed by atoms with Crippen LogP contribution in [0.1, 0.15) is 80.7 Å². The zero-order valence-corrected chi connectivity index (χ0v) is 26.6. The van der Waals surface area contributed by atoms with Gasteiger partial charge in [0.25, 0.3) is 0 Å². The number of carbonyl (C=O) groups is 5. The highest BCUT2D eigenvalue weighted by Gasteiger charge is 2.38. The fraction of sp³-hybridized carbons (Fsp3) is 0.645. The number of hydrogen-bond acceptors (Lipinski definition) is 6. The zero-order chi connectivity index (χ0) is 32.3. The lowest BCUT2D eigenvalue weighted by atomic mass is 9.96. The number of benzene rings is 1. The summed E-state index contributed by atoms with van der Waals surface area (Å²) in [7, 11) is 0. The predicted octanol–water partition coefficient (Wildman–Crippen LogP) is 1.58. The van der Waals surface area contributed by atoms with Gasteiger partial charge in [-0.25, -0.2) is 0 Å². The molecule has 6 N–H and O–H groups in total. The van der Waals surface area contributed by atoms with E-state index in [4.69, 9.17) is 0 Å². The SMILES string of the molecule is CC(=O)NC(CC(C)C)C(=O)NC(C)(C)C(=O)NC(CC(C)C)C(=O)NC(C)(C)C(=O)NC(CO)Cc1ccccc1. The van der Waals surface area contributed by atoms with Crippen LogP contribution in [0.3, 0.4) is 0 Å². The monoisotopic (exact) mass is 589 g/mol. The van der Waals surface area contributed by atoms with Crippen molar-refractivity contribution >= 4 is 29.5 Å². The minimum Gasteiger partial charge on any atom is -0.394 e. The average Bonchev–Trinajstić information content (AvgIpc) is 2.86. The molecule has 42 heavy (non-hydrogen) atoms. The molecule has 3 atom stereocenters. The highest BCUT2D eigenvalue weighted by molar-refractivity contribution is 5.97. The first kappa shape index (κ1) is 36.6. The maximum Gasteiger partial charge on any atom is 0.245 e. The van der Waals surface area contributed by atoms with E-state index in [1.54, 1.807) is 13.8 Å². The summed E-state index contributed by atoms with van der Waals surface area (Å²) in [6.45, 7) is 14.8. The molecule has 0 heterocycles. The number of rotatable bonds is 16. The van der Waals surface area contributed by atoms with Crippen LogP contribution in [0.2, 0.25) is 0 Å². The Kier molecular flexibility index (Phi) is 14.1. The molecule has 1 aromatic rings. The lowest BCUT2D eigenvalue weighted by Crippen LogP contribution is -2.64. The van der Waals surface area contributed by atoms with Gasteiger partial charge in [0.05, 0.1) is 12.6 Å². The first-order valence-electron chi connectivity index (χ1n) is 14.6. The van der Waals surface area contributed by atoms with Crippen LogP contribution in [-0.4, -0.2) is 70.5 Å². The van der Waals surface area contributed by atoms with Crippen molar-refractivity contribution in [2.75, 3.05) is 6.61 Å². The van der Waals surface area contributed by atoms with Crippen LogP contribution >= 0.6 is 0 Å². The summed E-state index contributed by atoms with van der Waals surface area (Å²) < 4.78 is 0. The Hall–Kier alpha value is -3.47. The number of hydrogen-bond donors (Lipinski definition) is 6. The van der Waals surface area contributed by atoms with Crippen LogP contribution in [0.15, 0.2) is 30.3 Å². The Morgan fingerprint density at radius 3 is 1.55 bits per heavy atom. The Morgan fingerprint density at radius 1 is 0.714 bits per heavy atom. The van der Waals surface area contributed by atoms with Gasteiger partial charge in [0.15, 0.2) is 0 Å². The predicted molar refractivity (Wildman–Crippen MR) is 162 cm³/mol. The highest BCUT2D eigenvalue weighted by Crippen LogP contribution is 2.13. The molecule has 0 saturated heterocycles. The van der Waals surface area contributed by atoms with Gasteiger partial charge in [-0.05, 0) is 64.4 Å². The summed E-state index contributed by atoms with van der Waals surface area (Å²) in [5.41, 5.74) is -1.81. The van der Waals surface area contributed by atoms with E-state index >= 15 is 0 Å². The second-order valence-electron chi connectivity index (χ2n) is 12.8. The first-order chi connectivity index (χ1) is 19.4. The third-order valence-electron chi connectivity index (χ3n) is 6.62. The summed E-state index contributed by atoms with van der Waals surface area (Å²) in [5, 5.41) is 23.4. The first-order valence-corrected chi connectivity index (χ1v) is 14.6. The Balaban J connectivity index is 2.97. The minimum absolute atomic E-state index is 0.0236. The molecule has 0 radical (unpaired) electrons. The molecule has 5 amide bonds. The van der Waals surface area contributed by atoms with Gasteiger partial charge in [-0.1, -0.05) is 58.0 Å². The van der Waals surface area contributed by atoms with Gasteiger partial charge in [-0.15, -0.1) is 0 Å². The Morgan fingerprint density at radius 2 is 1.14 bits per heavy atom. The normalized spacial score (nSPS) is 14.0. The highest BCUT2D eigenvalue weighted by atomic mass is 16.3. The molecule has 0 aromatic heterocycles. The van der Waals surface area contributed by atoms with Crippen molar-refractivity contribution in [2.24, 2.45) is 11.8 Å². The van der Waals surface area contributed by atoms with E-state index in [0.717, 1.165) is 5.56 Å². The van der Waals surface area contributed by atoms with E-state index in [1.807, 2.05) is 58.0 Å². The molecule has 1 rings (SSSR count). The van der Waals surface area contributed by atoms with E-state index in [2.05, 4.69) is 26.6 Å². The largest absolute Gasteiger partial charge is 0.394 e. The van der Waals surface area contributed by atoms with E-state index in [-0.39, 0.29) is 30.8 Å². The summed E-state index contributed by atoms with van der Waals surface area (Å²) in [5.74, 6) is -2.35.